The molecule has 1 aromatic rings. The van der Waals surface area contributed by atoms with Crippen molar-refractivity contribution in [3.63, 3.8) is 0 Å². The molecular formula is C13H18N2O4. The zero-order valence-corrected chi connectivity index (χ0v) is 11.2. The molecular weight excluding hydrogens is 248 g/mol. The van der Waals surface area contributed by atoms with Crippen molar-refractivity contribution in [2.45, 2.75) is 26.3 Å². The summed E-state index contributed by atoms with van der Waals surface area (Å²) in [4.78, 5) is 34.5. The van der Waals surface area contributed by atoms with E-state index in [1.165, 1.54) is 29.8 Å². The lowest BCUT2D eigenvalue weighted by Crippen LogP contribution is -2.43. The molecule has 0 aromatic carbocycles. The summed E-state index contributed by atoms with van der Waals surface area (Å²) in [6, 6.07) is 3.32. The van der Waals surface area contributed by atoms with Crippen LogP contribution in [0.15, 0.2) is 23.0 Å². The van der Waals surface area contributed by atoms with Gasteiger partial charge in [0.1, 0.15) is 11.7 Å². The lowest BCUT2D eigenvalue weighted by molar-refractivity contribution is -0.139. The van der Waals surface area contributed by atoms with Crippen LogP contribution >= 0.6 is 0 Å². The predicted octanol–water partition coefficient (Wildman–Crippen LogP) is 0.614. The van der Waals surface area contributed by atoms with Crippen molar-refractivity contribution in [3.8, 4) is 0 Å². The van der Waals surface area contributed by atoms with E-state index in [0.29, 0.717) is 6.42 Å². The number of carbonyl (C=O) groups is 2. The Labute approximate surface area is 111 Å². The minimum Gasteiger partial charge on any atom is -0.480 e. The first-order valence-electron chi connectivity index (χ1n) is 6.02. The van der Waals surface area contributed by atoms with Gasteiger partial charge in [0.05, 0.1) is 0 Å². The van der Waals surface area contributed by atoms with E-state index < -0.39 is 17.9 Å². The normalized spacial score (nSPS) is 12.2. The second kappa shape index (κ2) is 6.17. The lowest BCUT2D eigenvalue weighted by atomic mass is 10.0. The number of nitrogens with one attached hydrogen (secondary N) is 1. The van der Waals surface area contributed by atoms with Gasteiger partial charge in [-0.05, 0) is 18.4 Å². The van der Waals surface area contributed by atoms with E-state index in [-0.39, 0.29) is 17.2 Å². The van der Waals surface area contributed by atoms with Crippen molar-refractivity contribution < 1.29 is 14.7 Å². The number of carbonyl (C=O) groups excluding carboxylic acids is 1. The molecule has 0 aliphatic carbocycles. The third-order valence-electron chi connectivity index (χ3n) is 2.73. The Balaban J connectivity index is 2.91. The topological polar surface area (TPSA) is 88.4 Å². The standard InChI is InChI=1S/C13H18N2O4/c1-8(2)7-9(13(18)19)14-12(17)10-5-4-6-11(16)15(10)3/h4-6,8-9H,7H2,1-3H3,(H,14,17)(H,18,19)/t9-/m1/s1. The van der Waals surface area contributed by atoms with Crippen LogP contribution in [0.25, 0.3) is 0 Å². The van der Waals surface area contributed by atoms with E-state index in [0.717, 1.165) is 0 Å². The molecule has 0 aliphatic heterocycles. The number of rotatable bonds is 5. The molecule has 0 saturated carbocycles. The summed E-state index contributed by atoms with van der Waals surface area (Å²) in [6.07, 6.45) is 0.335. The molecule has 0 saturated heterocycles. The fraction of sp³-hybridized carbons (Fsp3) is 0.462. The number of carboxylic acid groups (broad SMARTS) is 1. The maximum Gasteiger partial charge on any atom is 0.326 e. The first-order valence-corrected chi connectivity index (χ1v) is 6.02. The van der Waals surface area contributed by atoms with Crippen LogP contribution in [0.1, 0.15) is 30.8 Å². The molecule has 6 heteroatoms. The van der Waals surface area contributed by atoms with Crippen LogP contribution in [-0.4, -0.2) is 27.6 Å². The van der Waals surface area contributed by atoms with Crippen LogP contribution in [0.5, 0.6) is 0 Å². The minimum atomic E-state index is -1.08. The summed E-state index contributed by atoms with van der Waals surface area (Å²) in [5.74, 6) is -1.50. The Bertz CT molecular complexity index is 534. The molecule has 6 nitrogen and oxygen atoms in total. The second-order valence-electron chi connectivity index (χ2n) is 4.80. The zero-order valence-electron chi connectivity index (χ0n) is 11.2. The summed E-state index contributed by atoms with van der Waals surface area (Å²) >= 11 is 0. The summed E-state index contributed by atoms with van der Waals surface area (Å²) in [7, 11) is 1.47. The maximum atomic E-state index is 12.0. The van der Waals surface area contributed by atoms with Gasteiger partial charge >= 0.3 is 5.97 Å². The van der Waals surface area contributed by atoms with Crippen LogP contribution in [0.2, 0.25) is 0 Å². The van der Waals surface area contributed by atoms with Crippen molar-refractivity contribution in [1.29, 1.82) is 0 Å². The molecule has 0 spiro atoms. The molecule has 1 atom stereocenters. The third kappa shape index (κ3) is 3.94. The highest BCUT2D eigenvalue weighted by Crippen LogP contribution is 2.06. The van der Waals surface area contributed by atoms with Gasteiger partial charge < -0.3 is 15.0 Å². The van der Waals surface area contributed by atoms with Crippen LogP contribution < -0.4 is 10.9 Å². The summed E-state index contributed by atoms with van der Waals surface area (Å²) in [6.45, 7) is 3.75. The molecule has 0 bridgehead atoms. The van der Waals surface area contributed by atoms with E-state index in [2.05, 4.69) is 5.32 Å². The molecule has 1 rings (SSSR count). The first-order chi connectivity index (χ1) is 8.82. The smallest absolute Gasteiger partial charge is 0.326 e. The van der Waals surface area contributed by atoms with E-state index in [1.807, 2.05) is 13.8 Å². The fourth-order valence-electron chi connectivity index (χ4n) is 1.72. The lowest BCUT2D eigenvalue weighted by Gasteiger charge is -2.17. The van der Waals surface area contributed by atoms with Gasteiger partial charge in [0, 0.05) is 13.1 Å². The molecule has 0 unspecified atom stereocenters. The predicted molar refractivity (Wildman–Crippen MR) is 70.0 cm³/mol. The maximum absolute atomic E-state index is 12.0. The highest BCUT2D eigenvalue weighted by atomic mass is 16.4. The number of hydrogen-bond donors (Lipinski definition) is 2. The third-order valence-corrected chi connectivity index (χ3v) is 2.73. The Morgan fingerprint density at radius 2 is 2.00 bits per heavy atom. The molecule has 104 valence electrons. The van der Waals surface area contributed by atoms with Crippen molar-refractivity contribution >= 4 is 11.9 Å². The average Bonchev–Trinajstić information content (AvgIpc) is 2.31. The minimum absolute atomic E-state index is 0.140. The number of aromatic nitrogens is 1. The van der Waals surface area contributed by atoms with Gasteiger partial charge in [0.25, 0.3) is 11.5 Å². The molecule has 2 N–H and O–H groups in total. The number of hydrogen-bond acceptors (Lipinski definition) is 3. The number of amides is 1. The summed E-state index contributed by atoms with van der Waals surface area (Å²) in [5.41, 5.74) is -0.175. The average molecular weight is 266 g/mol. The molecule has 1 amide bonds. The Morgan fingerprint density at radius 3 is 2.53 bits per heavy atom. The van der Waals surface area contributed by atoms with E-state index in [4.69, 9.17) is 5.11 Å². The molecule has 1 aromatic heterocycles. The fourth-order valence-corrected chi connectivity index (χ4v) is 1.72. The van der Waals surface area contributed by atoms with Crippen LogP contribution in [0.4, 0.5) is 0 Å². The highest BCUT2D eigenvalue weighted by molar-refractivity contribution is 5.95. The zero-order chi connectivity index (χ0) is 14.6. The highest BCUT2D eigenvalue weighted by Gasteiger charge is 2.22. The van der Waals surface area contributed by atoms with Crippen molar-refractivity contribution in [1.82, 2.24) is 9.88 Å². The molecule has 19 heavy (non-hydrogen) atoms. The molecule has 0 fully saturated rings. The summed E-state index contributed by atoms with van der Waals surface area (Å²) in [5, 5.41) is 11.5. The second-order valence-corrected chi connectivity index (χ2v) is 4.80. The van der Waals surface area contributed by atoms with Gasteiger partial charge in [-0.15, -0.1) is 0 Å². The largest absolute Gasteiger partial charge is 0.480 e. The SMILES string of the molecule is CC(C)C[C@@H](NC(=O)c1cccc(=O)n1C)C(=O)O. The van der Waals surface area contributed by atoms with E-state index in [9.17, 15) is 14.4 Å². The Kier molecular flexibility index (Phi) is 4.86. The van der Waals surface area contributed by atoms with Crippen molar-refractivity contribution in [2.24, 2.45) is 13.0 Å². The number of carboxylic acids is 1. The van der Waals surface area contributed by atoms with Gasteiger partial charge in [0.15, 0.2) is 0 Å². The van der Waals surface area contributed by atoms with Gasteiger partial charge in [0.2, 0.25) is 0 Å². The van der Waals surface area contributed by atoms with Gasteiger partial charge in [-0.25, -0.2) is 4.79 Å². The van der Waals surface area contributed by atoms with Crippen LogP contribution in [0.3, 0.4) is 0 Å². The van der Waals surface area contributed by atoms with E-state index in [1.54, 1.807) is 0 Å². The quantitative estimate of drug-likeness (QED) is 0.817. The number of pyridine rings is 1. The van der Waals surface area contributed by atoms with Gasteiger partial charge in [-0.2, -0.15) is 0 Å². The Hall–Kier alpha value is -2.11. The number of aliphatic carboxylic acids is 1. The molecule has 1 heterocycles. The number of nitrogens with zero attached hydrogens (tertiary/aromatic N) is 1. The van der Waals surface area contributed by atoms with E-state index >= 15 is 0 Å². The Morgan fingerprint density at radius 1 is 1.37 bits per heavy atom. The first kappa shape index (κ1) is 14.9. The molecule has 0 aliphatic rings. The van der Waals surface area contributed by atoms with Crippen LogP contribution in [0, 0.1) is 5.92 Å². The van der Waals surface area contributed by atoms with Crippen molar-refractivity contribution in [2.75, 3.05) is 0 Å². The van der Waals surface area contributed by atoms with Gasteiger partial charge in [-0.3, -0.25) is 9.59 Å². The van der Waals surface area contributed by atoms with Crippen LogP contribution in [-0.2, 0) is 11.8 Å². The summed E-state index contributed by atoms with van der Waals surface area (Å²) < 4.78 is 1.18. The van der Waals surface area contributed by atoms with Crippen molar-refractivity contribution in [3.05, 3.63) is 34.2 Å². The molecule has 0 radical (unpaired) electrons. The van der Waals surface area contributed by atoms with Gasteiger partial charge in [-0.1, -0.05) is 19.9 Å². The monoisotopic (exact) mass is 266 g/mol.